The molecule has 0 saturated heterocycles. The SMILES string of the molecule is O=C(NC(=S)Nc1ccc2oc(-c3ccc(Cl)cc3)nc2c1)c1cccs1. The minimum Gasteiger partial charge on any atom is -0.436 e. The van der Waals surface area contributed by atoms with Crippen molar-refractivity contribution in [3.8, 4) is 11.5 Å². The molecule has 0 radical (unpaired) electrons. The highest BCUT2D eigenvalue weighted by Gasteiger charge is 2.11. The number of nitrogens with one attached hydrogen (secondary N) is 2. The summed E-state index contributed by atoms with van der Waals surface area (Å²) in [5.41, 5.74) is 2.87. The van der Waals surface area contributed by atoms with E-state index in [1.54, 1.807) is 24.3 Å². The molecule has 0 unspecified atom stereocenters. The fourth-order valence-corrected chi connectivity index (χ4v) is 3.41. The monoisotopic (exact) mass is 413 g/mol. The Hall–Kier alpha value is -2.74. The zero-order valence-electron chi connectivity index (χ0n) is 13.7. The molecule has 5 nitrogen and oxygen atoms in total. The van der Waals surface area contributed by atoms with Crippen molar-refractivity contribution in [3.05, 3.63) is 69.9 Å². The summed E-state index contributed by atoms with van der Waals surface area (Å²) in [5, 5.41) is 8.34. The van der Waals surface area contributed by atoms with Gasteiger partial charge in [0.15, 0.2) is 10.7 Å². The molecule has 0 aliphatic heterocycles. The number of carbonyl (C=O) groups excluding carboxylic acids is 1. The summed E-state index contributed by atoms with van der Waals surface area (Å²) < 4.78 is 5.78. The van der Waals surface area contributed by atoms with E-state index in [0.717, 1.165) is 5.56 Å². The number of fused-ring (bicyclic) bond motifs is 1. The van der Waals surface area contributed by atoms with Crippen LogP contribution in [-0.4, -0.2) is 16.0 Å². The molecular formula is C19H12ClN3O2S2. The average molecular weight is 414 g/mol. The van der Waals surface area contributed by atoms with E-state index in [1.165, 1.54) is 11.3 Å². The van der Waals surface area contributed by atoms with Crippen molar-refractivity contribution in [1.29, 1.82) is 0 Å². The molecule has 0 bridgehead atoms. The number of nitrogens with zero attached hydrogens (tertiary/aromatic N) is 1. The first-order chi connectivity index (χ1) is 13.1. The molecule has 2 heterocycles. The summed E-state index contributed by atoms with van der Waals surface area (Å²) in [5.74, 6) is 0.266. The van der Waals surface area contributed by atoms with Crippen molar-refractivity contribution < 1.29 is 9.21 Å². The van der Waals surface area contributed by atoms with Crippen LogP contribution in [0.15, 0.2) is 64.4 Å². The summed E-state index contributed by atoms with van der Waals surface area (Å²) in [6.07, 6.45) is 0. The van der Waals surface area contributed by atoms with Crippen LogP contribution in [0.3, 0.4) is 0 Å². The molecule has 0 saturated carbocycles. The number of anilines is 1. The van der Waals surface area contributed by atoms with E-state index in [0.29, 0.717) is 32.6 Å². The highest BCUT2D eigenvalue weighted by molar-refractivity contribution is 7.80. The molecule has 4 aromatic rings. The van der Waals surface area contributed by atoms with Crippen LogP contribution in [0.5, 0.6) is 0 Å². The number of halogens is 1. The van der Waals surface area contributed by atoms with E-state index in [4.69, 9.17) is 28.2 Å². The number of thiophene rings is 1. The molecule has 2 aromatic heterocycles. The number of rotatable bonds is 3. The Balaban J connectivity index is 1.50. The Labute approximate surface area is 169 Å². The predicted molar refractivity (Wildman–Crippen MR) is 112 cm³/mol. The standard InChI is InChI=1S/C19H12ClN3O2S2/c20-12-5-3-11(4-6-12)18-22-14-10-13(7-8-15(14)25-18)21-19(26)23-17(24)16-2-1-9-27-16/h1-10H,(H2,21,23,24,26). The molecule has 2 aromatic carbocycles. The van der Waals surface area contributed by atoms with E-state index in [-0.39, 0.29) is 11.0 Å². The molecule has 0 aliphatic rings. The van der Waals surface area contributed by atoms with Gasteiger partial charge in [-0.2, -0.15) is 0 Å². The lowest BCUT2D eigenvalue weighted by atomic mass is 10.2. The first kappa shape index (κ1) is 17.7. The van der Waals surface area contributed by atoms with Gasteiger partial charge in [-0.15, -0.1) is 11.3 Å². The van der Waals surface area contributed by atoms with Crippen LogP contribution in [0, 0.1) is 0 Å². The van der Waals surface area contributed by atoms with Gasteiger partial charge in [0.05, 0.1) is 4.88 Å². The molecular weight excluding hydrogens is 402 g/mol. The Bertz CT molecular complexity index is 1120. The summed E-state index contributed by atoms with van der Waals surface area (Å²) in [6.45, 7) is 0. The van der Waals surface area contributed by atoms with Gasteiger partial charge in [0.1, 0.15) is 5.52 Å². The minimum absolute atomic E-state index is 0.217. The third-order valence-electron chi connectivity index (χ3n) is 3.71. The number of thiocarbonyl (C=S) groups is 1. The van der Waals surface area contributed by atoms with Crippen LogP contribution < -0.4 is 10.6 Å². The summed E-state index contributed by atoms with van der Waals surface area (Å²) >= 11 is 12.5. The number of aromatic nitrogens is 1. The fraction of sp³-hybridized carbons (Fsp3) is 0. The highest BCUT2D eigenvalue weighted by Crippen LogP contribution is 2.27. The maximum Gasteiger partial charge on any atom is 0.267 e. The van der Waals surface area contributed by atoms with Gasteiger partial charge in [-0.05, 0) is 66.1 Å². The van der Waals surface area contributed by atoms with Crippen LogP contribution >= 0.6 is 35.2 Å². The Morgan fingerprint density at radius 1 is 1.15 bits per heavy atom. The van der Waals surface area contributed by atoms with Gasteiger partial charge in [0.25, 0.3) is 5.91 Å². The third-order valence-corrected chi connectivity index (χ3v) is 5.03. The molecule has 4 rings (SSSR count). The average Bonchev–Trinajstić information content (AvgIpc) is 3.31. The van der Waals surface area contributed by atoms with Gasteiger partial charge >= 0.3 is 0 Å². The third kappa shape index (κ3) is 4.00. The molecule has 1 amide bonds. The normalized spacial score (nSPS) is 10.7. The molecule has 0 atom stereocenters. The minimum atomic E-state index is -0.241. The van der Waals surface area contributed by atoms with Gasteiger partial charge in [-0.25, -0.2) is 4.98 Å². The molecule has 2 N–H and O–H groups in total. The van der Waals surface area contributed by atoms with E-state index in [9.17, 15) is 4.79 Å². The predicted octanol–water partition coefficient (Wildman–Crippen LogP) is 5.34. The second-order valence-corrected chi connectivity index (χ2v) is 7.39. The lowest BCUT2D eigenvalue weighted by Crippen LogP contribution is -2.33. The molecule has 0 spiro atoms. The largest absolute Gasteiger partial charge is 0.436 e. The van der Waals surface area contributed by atoms with Crippen LogP contribution in [-0.2, 0) is 0 Å². The molecule has 134 valence electrons. The quantitative estimate of drug-likeness (QED) is 0.444. The van der Waals surface area contributed by atoms with Crippen LogP contribution in [0.2, 0.25) is 5.02 Å². The van der Waals surface area contributed by atoms with E-state index in [1.807, 2.05) is 35.7 Å². The zero-order valence-corrected chi connectivity index (χ0v) is 16.1. The van der Waals surface area contributed by atoms with E-state index in [2.05, 4.69) is 15.6 Å². The summed E-state index contributed by atoms with van der Waals surface area (Å²) in [7, 11) is 0. The number of benzene rings is 2. The van der Waals surface area contributed by atoms with Gasteiger partial charge < -0.3 is 9.73 Å². The number of hydrogen-bond donors (Lipinski definition) is 2. The van der Waals surface area contributed by atoms with Gasteiger partial charge in [0, 0.05) is 16.3 Å². The van der Waals surface area contributed by atoms with Gasteiger partial charge in [0.2, 0.25) is 5.89 Å². The summed E-state index contributed by atoms with van der Waals surface area (Å²) in [6, 6.07) is 16.2. The lowest BCUT2D eigenvalue weighted by molar-refractivity contribution is 0.0981. The Morgan fingerprint density at radius 2 is 1.96 bits per heavy atom. The van der Waals surface area contributed by atoms with E-state index < -0.39 is 0 Å². The van der Waals surface area contributed by atoms with Crippen molar-refractivity contribution in [2.75, 3.05) is 5.32 Å². The maximum atomic E-state index is 12.0. The topological polar surface area (TPSA) is 67.2 Å². The van der Waals surface area contributed by atoms with Crippen molar-refractivity contribution in [2.45, 2.75) is 0 Å². The molecule has 8 heteroatoms. The molecule has 0 fully saturated rings. The smallest absolute Gasteiger partial charge is 0.267 e. The molecule has 0 aliphatic carbocycles. The zero-order chi connectivity index (χ0) is 18.8. The lowest BCUT2D eigenvalue weighted by Gasteiger charge is -2.08. The van der Waals surface area contributed by atoms with Crippen LogP contribution in [0.1, 0.15) is 9.67 Å². The number of amides is 1. The van der Waals surface area contributed by atoms with Crippen LogP contribution in [0.4, 0.5) is 5.69 Å². The van der Waals surface area contributed by atoms with E-state index >= 15 is 0 Å². The van der Waals surface area contributed by atoms with Crippen LogP contribution in [0.25, 0.3) is 22.6 Å². The van der Waals surface area contributed by atoms with Gasteiger partial charge in [-0.1, -0.05) is 17.7 Å². The fourth-order valence-electron chi connectivity index (χ4n) is 2.46. The first-order valence-electron chi connectivity index (χ1n) is 7.91. The number of hydrogen-bond acceptors (Lipinski definition) is 5. The highest BCUT2D eigenvalue weighted by atomic mass is 35.5. The van der Waals surface area contributed by atoms with Crippen molar-refractivity contribution in [2.24, 2.45) is 0 Å². The second-order valence-electron chi connectivity index (χ2n) is 5.59. The number of oxazole rings is 1. The second kappa shape index (κ2) is 7.48. The number of carbonyl (C=O) groups is 1. The van der Waals surface area contributed by atoms with Crippen molar-refractivity contribution in [3.63, 3.8) is 0 Å². The Morgan fingerprint density at radius 3 is 2.70 bits per heavy atom. The summed E-state index contributed by atoms with van der Waals surface area (Å²) in [4.78, 5) is 17.1. The van der Waals surface area contributed by atoms with Gasteiger partial charge in [-0.3, -0.25) is 10.1 Å². The molecule has 27 heavy (non-hydrogen) atoms. The first-order valence-corrected chi connectivity index (χ1v) is 9.57. The van der Waals surface area contributed by atoms with Crippen molar-refractivity contribution in [1.82, 2.24) is 10.3 Å². The Kier molecular flexibility index (Phi) is 4.89. The maximum absolute atomic E-state index is 12.0. The van der Waals surface area contributed by atoms with Crippen molar-refractivity contribution >= 4 is 63.0 Å².